The van der Waals surface area contributed by atoms with Crippen molar-refractivity contribution in [1.82, 2.24) is 9.80 Å². The zero-order valence-corrected chi connectivity index (χ0v) is 12.7. The van der Waals surface area contributed by atoms with E-state index in [0.717, 1.165) is 25.4 Å². The van der Waals surface area contributed by atoms with Crippen molar-refractivity contribution in [2.45, 2.75) is 25.7 Å². The lowest BCUT2D eigenvalue weighted by Gasteiger charge is -2.22. The highest BCUT2D eigenvalue weighted by Gasteiger charge is 2.29. The van der Waals surface area contributed by atoms with Crippen LogP contribution in [0.1, 0.15) is 28.5 Å². The molecule has 4 heteroatoms. The van der Waals surface area contributed by atoms with E-state index in [0.29, 0.717) is 6.54 Å². The summed E-state index contributed by atoms with van der Waals surface area (Å²) in [6.45, 7) is 3.36. The van der Waals surface area contributed by atoms with Gasteiger partial charge in [0.05, 0.1) is 12.8 Å². The van der Waals surface area contributed by atoms with Gasteiger partial charge in [0, 0.05) is 25.7 Å². The Bertz CT molecular complexity index is 592. The molecule has 0 bridgehead atoms. The summed E-state index contributed by atoms with van der Waals surface area (Å²) in [5, 5.41) is 0. The molecule has 2 heterocycles. The minimum absolute atomic E-state index is 0.284. The van der Waals surface area contributed by atoms with Crippen LogP contribution in [0.5, 0.6) is 0 Å². The number of benzene rings is 1. The molecule has 1 aliphatic heterocycles. The monoisotopic (exact) mass is 285 g/mol. The third kappa shape index (κ3) is 3.02. The predicted molar refractivity (Wildman–Crippen MR) is 83.6 cm³/mol. The van der Waals surface area contributed by atoms with Crippen LogP contribution in [0.15, 0.2) is 41.0 Å². The van der Waals surface area contributed by atoms with E-state index < -0.39 is 0 Å². The van der Waals surface area contributed by atoms with E-state index in [1.165, 1.54) is 16.7 Å². The van der Waals surface area contributed by atoms with Crippen LogP contribution in [0.2, 0.25) is 0 Å². The van der Waals surface area contributed by atoms with Crippen LogP contribution in [0.4, 0.5) is 0 Å². The first-order valence-electron chi connectivity index (χ1n) is 7.40. The molecule has 1 aromatic heterocycles. The van der Waals surface area contributed by atoms with Crippen molar-refractivity contribution in [2.24, 2.45) is 5.73 Å². The van der Waals surface area contributed by atoms with E-state index in [1.54, 1.807) is 6.26 Å². The number of rotatable bonds is 5. The molecule has 0 amide bonds. The third-order valence-electron chi connectivity index (χ3n) is 4.04. The van der Waals surface area contributed by atoms with Crippen LogP contribution in [-0.4, -0.2) is 30.4 Å². The summed E-state index contributed by atoms with van der Waals surface area (Å²) >= 11 is 0. The second-order valence-electron chi connectivity index (χ2n) is 6.01. The summed E-state index contributed by atoms with van der Waals surface area (Å²) in [5.74, 6) is 0.995. The lowest BCUT2D eigenvalue weighted by Crippen LogP contribution is -2.27. The second-order valence-corrected chi connectivity index (χ2v) is 6.01. The fourth-order valence-electron chi connectivity index (χ4n) is 3.13. The fraction of sp³-hybridized carbons (Fsp3) is 0.412. The molecule has 0 saturated carbocycles. The molecular formula is C17H23N3O. The van der Waals surface area contributed by atoms with Gasteiger partial charge in [-0.15, -0.1) is 0 Å². The molecule has 1 aliphatic rings. The molecule has 1 unspecified atom stereocenters. The Kier molecular flexibility index (Phi) is 4.10. The Morgan fingerprint density at radius 2 is 2.19 bits per heavy atom. The van der Waals surface area contributed by atoms with Crippen molar-refractivity contribution >= 4 is 0 Å². The van der Waals surface area contributed by atoms with Gasteiger partial charge in [0.1, 0.15) is 5.76 Å². The highest BCUT2D eigenvalue weighted by molar-refractivity contribution is 5.38. The topological polar surface area (TPSA) is 45.6 Å². The molecule has 112 valence electrons. The van der Waals surface area contributed by atoms with Crippen LogP contribution in [0, 0.1) is 0 Å². The van der Waals surface area contributed by atoms with Crippen LogP contribution < -0.4 is 5.73 Å². The summed E-state index contributed by atoms with van der Waals surface area (Å²) in [5.41, 5.74) is 10.1. The summed E-state index contributed by atoms with van der Waals surface area (Å²) in [4.78, 5) is 4.58. The molecule has 2 aromatic rings. The summed E-state index contributed by atoms with van der Waals surface area (Å²) in [7, 11) is 4.19. The van der Waals surface area contributed by atoms with E-state index in [2.05, 4.69) is 42.1 Å². The van der Waals surface area contributed by atoms with Crippen LogP contribution in [0.25, 0.3) is 0 Å². The van der Waals surface area contributed by atoms with Crippen molar-refractivity contribution in [3.05, 3.63) is 59.0 Å². The van der Waals surface area contributed by atoms with E-state index in [-0.39, 0.29) is 6.04 Å². The molecule has 0 fully saturated rings. The predicted octanol–water partition coefficient (Wildman–Crippen LogP) is 2.36. The zero-order valence-electron chi connectivity index (χ0n) is 12.7. The number of furan rings is 1. The van der Waals surface area contributed by atoms with Crippen molar-refractivity contribution < 1.29 is 4.42 Å². The number of hydrogen-bond acceptors (Lipinski definition) is 4. The van der Waals surface area contributed by atoms with Gasteiger partial charge in [-0.2, -0.15) is 0 Å². The number of hydrogen-bond donors (Lipinski definition) is 1. The minimum Gasteiger partial charge on any atom is -0.468 e. The maximum absolute atomic E-state index is 6.04. The molecule has 2 N–H and O–H groups in total. The van der Waals surface area contributed by atoms with Gasteiger partial charge >= 0.3 is 0 Å². The lowest BCUT2D eigenvalue weighted by molar-refractivity contribution is 0.194. The fourth-order valence-corrected chi connectivity index (χ4v) is 3.13. The van der Waals surface area contributed by atoms with Gasteiger partial charge in [-0.05, 0) is 42.9 Å². The average Bonchev–Trinajstić information content (AvgIpc) is 3.05. The lowest BCUT2D eigenvalue weighted by atomic mass is 10.0. The standard InChI is InChI=1S/C17H23N3O/c1-19(2)10-13-5-6-14-11-20(12-15-4-3-7-21-15)17(9-18)16(14)8-13/h3-8,17H,9-12,18H2,1-2H3. The van der Waals surface area contributed by atoms with E-state index in [4.69, 9.17) is 10.2 Å². The first-order valence-corrected chi connectivity index (χ1v) is 7.40. The summed E-state index contributed by atoms with van der Waals surface area (Å²) in [6.07, 6.45) is 1.73. The Morgan fingerprint density at radius 3 is 2.86 bits per heavy atom. The van der Waals surface area contributed by atoms with Gasteiger partial charge in [-0.3, -0.25) is 4.90 Å². The molecule has 0 spiro atoms. The van der Waals surface area contributed by atoms with E-state index in [1.807, 2.05) is 12.1 Å². The molecule has 0 aliphatic carbocycles. The van der Waals surface area contributed by atoms with E-state index in [9.17, 15) is 0 Å². The quantitative estimate of drug-likeness (QED) is 0.916. The summed E-state index contributed by atoms with van der Waals surface area (Å²) < 4.78 is 5.47. The number of fused-ring (bicyclic) bond motifs is 1. The Morgan fingerprint density at radius 1 is 1.33 bits per heavy atom. The maximum atomic E-state index is 6.04. The molecule has 1 aromatic carbocycles. The van der Waals surface area contributed by atoms with Crippen LogP contribution >= 0.6 is 0 Å². The molecular weight excluding hydrogens is 262 g/mol. The first-order chi connectivity index (χ1) is 10.2. The Hall–Kier alpha value is -1.62. The van der Waals surface area contributed by atoms with Gasteiger partial charge in [0.2, 0.25) is 0 Å². The highest BCUT2D eigenvalue weighted by atomic mass is 16.3. The third-order valence-corrected chi connectivity index (χ3v) is 4.04. The number of nitrogens with two attached hydrogens (primary N) is 1. The highest BCUT2D eigenvalue weighted by Crippen LogP contribution is 2.35. The minimum atomic E-state index is 0.284. The van der Waals surface area contributed by atoms with Gasteiger partial charge in [-0.1, -0.05) is 18.2 Å². The Labute approximate surface area is 126 Å². The average molecular weight is 285 g/mol. The second kappa shape index (κ2) is 6.02. The van der Waals surface area contributed by atoms with Crippen molar-refractivity contribution in [2.75, 3.05) is 20.6 Å². The largest absolute Gasteiger partial charge is 0.468 e. The normalized spacial score (nSPS) is 18.4. The summed E-state index contributed by atoms with van der Waals surface area (Å²) in [6, 6.07) is 11.0. The zero-order chi connectivity index (χ0) is 14.8. The molecule has 1 atom stereocenters. The van der Waals surface area contributed by atoms with Gasteiger partial charge in [-0.25, -0.2) is 0 Å². The van der Waals surface area contributed by atoms with E-state index >= 15 is 0 Å². The Balaban J connectivity index is 1.82. The van der Waals surface area contributed by atoms with Crippen molar-refractivity contribution in [3.63, 3.8) is 0 Å². The first kappa shape index (κ1) is 14.3. The molecule has 3 rings (SSSR count). The smallest absolute Gasteiger partial charge is 0.117 e. The van der Waals surface area contributed by atoms with Gasteiger partial charge in [0.25, 0.3) is 0 Å². The van der Waals surface area contributed by atoms with Crippen molar-refractivity contribution in [3.8, 4) is 0 Å². The van der Waals surface area contributed by atoms with Crippen LogP contribution in [-0.2, 0) is 19.6 Å². The molecule has 0 radical (unpaired) electrons. The SMILES string of the molecule is CN(C)Cc1ccc2c(c1)C(CN)N(Cc1ccco1)C2. The van der Waals surface area contributed by atoms with Crippen molar-refractivity contribution in [1.29, 1.82) is 0 Å². The maximum Gasteiger partial charge on any atom is 0.117 e. The van der Waals surface area contributed by atoms with Crippen LogP contribution in [0.3, 0.4) is 0 Å². The molecule has 21 heavy (non-hydrogen) atoms. The molecule has 0 saturated heterocycles. The molecule has 4 nitrogen and oxygen atoms in total. The van der Waals surface area contributed by atoms with Gasteiger partial charge in [0.15, 0.2) is 0 Å². The number of nitrogens with zero attached hydrogens (tertiary/aromatic N) is 2. The van der Waals surface area contributed by atoms with Gasteiger partial charge < -0.3 is 15.1 Å².